The van der Waals surface area contributed by atoms with Crippen LogP contribution in [0.4, 0.5) is 14.5 Å². The molecule has 2 saturated carbocycles. The minimum Gasteiger partial charge on any atom is -0.382 e. The van der Waals surface area contributed by atoms with Gasteiger partial charge in [0.25, 0.3) is 5.76 Å². The van der Waals surface area contributed by atoms with E-state index in [1.165, 1.54) is 19.3 Å². The van der Waals surface area contributed by atoms with Crippen molar-refractivity contribution in [1.29, 1.82) is 0 Å². The van der Waals surface area contributed by atoms with Gasteiger partial charge < -0.3 is 5.32 Å². The Morgan fingerprint density at radius 3 is 2.33 bits per heavy atom. The second kappa shape index (κ2) is 5.15. The summed E-state index contributed by atoms with van der Waals surface area (Å²) in [4.78, 5) is 0.620. The predicted octanol–water partition coefficient (Wildman–Crippen LogP) is 5.63. The summed E-state index contributed by atoms with van der Waals surface area (Å²) < 4.78 is 24.7. The van der Waals surface area contributed by atoms with Crippen molar-refractivity contribution in [2.75, 3.05) is 5.32 Å². The quantitative estimate of drug-likeness (QED) is 0.723. The third-order valence-electron chi connectivity index (χ3n) is 6.21. The molecule has 0 aliphatic heterocycles. The van der Waals surface area contributed by atoms with E-state index in [0.29, 0.717) is 33.5 Å². The fourth-order valence-electron chi connectivity index (χ4n) is 4.36. The van der Waals surface area contributed by atoms with Crippen LogP contribution < -0.4 is 5.32 Å². The Morgan fingerprint density at radius 2 is 1.86 bits per heavy atom. The summed E-state index contributed by atoms with van der Waals surface area (Å²) in [6, 6.07) is 7.89. The van der Waals surface area contributed by atoms with Gasteiger partial charge in [0.1, 0.15) is 0 Å². The molecule has 3 unspecified atom stereocenters. The van der Waals surface area contributed by atoms with Crippen LogP contribution in [0.15, 0.2) is 29.2 Å². The molecule has 2 bridgehead atoms. The smallest absolute Gasteiger partial charge is 0.288 e. The van der Waals surface area contributed by atoms with Crippen molar-refractivity contribution >= 4 is 17.4 Å². The number of thioether (sulfide) groups is 1. The van der Waals surface area contributed by atoms with Crippen LogP contribution in [0.1, 0.15) is 40.0 Å². The highest BCUT2D eigenvalue weighted by atomic mass is 32.2. The summed E-state index contributed by atoms with van der Waals surface area (Å²) >= 11 is 0.600. The largest absolute Gasteiger partial charge is 0.382 e. The van der Waals surface area contributed by atoms with Crippen molar-refractivity contribution in [2.24, 2.45) is 16.7 Å². The Kier molecular flexibility index (Phi) is 3.71. The van der Waals surface area contributed by atoms with Gasteiger partial charge in [0, 0.05) is 16.6 Å². The summed E-state index contributed by atoms with van der Waals surface area (Å²) in [5.41, 5.74) is 1.76. The number of benzene rings is 1. The third kappa shape index (κ3) is 2.45. The first-order valence-corrected chi connectivity index (χ1v) is 8.52. The molecular weight excluding hydrogens is 288 g/mol. The van der Waals surface area contributed by atoms with Gasteiger partial charge in [0.05, 0.1) is 0 Å². The Bertz CT molecular complexity index is 514. The van der Waals surface area contributed by atoms with E-state index in [4.69, 9.17) is 0 Å². The van der Waals surface area contributed by atoms with E-state index in [1.54, 1.807) is 12.1 Å². The van der Waals surface area contributed by atoms with Crippen molar-refractivity contribution < 1.29 is 8.78 Å². The van der Waals surface area contributed by atoms with Gasteiger partial charge in [-0.1, -0.05) is 32.5 Å². The Morgan fingerprint density at radius 1 is 1.19 bits per heavy atom. The number of nitrogens with one attached hydrogen (secondary N) is 1. The lowest BCUT2D eigenvalue weighted by Gasteiger charge is -2.40. The Balaban J connectivity index is 1.71. The molecule has 3 rings (SSSR count). The molecule has 3 atom stereocenters. The topological polar surface area (TPSA) is 12.0 Å². The highest BCUT2D eigenvalue weighted by Gasteiger charge is 2.61. The molecule has 0 heterocycles. The normalized spacial score (nSPS) is 33.6. The monoisotopic (exact) mass is 311 g/mol. The maximum atomic E-state index is 12.3. The molecular formula is C17H23F2NS. The molecule has 1 aromatic rings. The average molecular weight is 311 g/mol. The molecule has 2 fully saturated rings. The number of rotatable bonds is 4. The van der Waals surface area contributed by atoms with Crippen molar-refractivity contribution in [1.82, 2.24) is 0 Å². The molecule has 0 spiro atoms. The first kappa shape index (κ1) is 15.1. The zero-order valence-corrected chi connectivity index (χ0v) is 13.6. The lowest BCUT2D eigenvalue weighted by Crippen LogP contribution is -2.40. The van der Waals surface area contributed by atoms with Crippen LogP contribution in [0.5, 0.6) is 0 Å². The predicted molar refractivity (Wildman–Crippen MR) is 84.9 cm³/mol. The summed E-state index contributed by atoms with van der Waals surface area (Å²) in [5, 5.41) is 3.65. The molecule has 1 N–H and O–H groups in total. The van der Waals surface area contributed by atoms with Crippen LogP contribution in [-0.2, 0) is 0 Å². The van der Waals surface area contributed by atoms with Gasteiger partial charge in [-0.3, -0.25) is 0 Å². The number of fused-ring (bicyclic) bond motifs is 2. The van der Waals surface area contributed by atoms with Gasteiger partial charge in [-0.05, 0) is 60.3 Å². The van der Waals surface area contributed by atoms with Crippen LogP contribution in [0.2, 0.25) is 0 Å². The van der Waals surface area contributed by atoms with E-state index in [0.717, 1.165) is 11.6 Å². The molecule has 0 saturated heterocycles. The van der Waals surface area contributed by atoms with E-state index < -0.39 is 5.76 Å². The highest BCUT2D eigenvalue weighted by Crippen LogP contribution is 2.65. The van der Waals surface area contributed by atoms with E-state index >= 15 is 0 Å². The van der Waals surface area contributed by atoms with E-state index in [9.17, 15) is 8.78 Å². The lowest BCUT2D eigenvalue weighted by atomic mass is 9.69. The second-order valence-electron chi connectivity index (χ2n) is 7.21. The second-order valence-corrected chi connectivity index (χ2v) is 8.27. The van der Waals surface area contributed by atoms with Gasteiger partial charge in [-0.2, -0.15) is 8.78 Å². The Labute approximate surface area is 129 Å². The third-order valence-corrected chi connectivity index (χ3v) is 6.94. The molecule has 1 aromatic carbocycles. The maximum Gasteiger partial charge on any atom is 0.288 e. The fourth-order valence-corrected chi connectivity index (χ4v) is 4.85. The van der Waals surface area contributed by atoms with Gasteiger partial charge in [-0.25, -0.2) is 0 Å². The van der Waals surface area contributed by atoms with Crippen molar-refractivity contribution in [3.63, 3.8) is 0 Å². The SMILES string of the molecule is CC1(C)C2CCC1(C)C(Nc1ccc(SC(F)F)cc1)C2. The van der Waals surface area contributed by atoms with Crippen LogP contribution >= 0.6 is 11.8 Å². The molecule has 2 aliphatic carbocycles. The number of hydrogen-bond donors (Lipinski definition) is 1. The first-order chi connectivity index (χ1) is 9.83. The van der Waals surface area contributed by atoms with Crippen LogP contribution in [0.3, 0.4) is 0 Å². The van der Waals surface area contributed by atoms with Gasteiger partial charge in [0.15, 0.2) is 0 Å². The van der Waals surface area contributed by atoms with Crippen LogP contribution in [0, 0.1) is 16.7 Å². The van der Waals surface area contributed by atoms with E-state index in [2.05, 4.69) is 26.1 Å². The van der Waals surface area contributed by atoms with E-state index in [1.807, 2.05) is 12.1 Å². The molecule has 1 nitrogen and oxygen atoms in total. The van der Waals surface area contributed by atoms with Crippen LogP contribution in [0.25, 0.3) is 0 Å². The molecule has 0 radical (unpaired) electrons. The number of halogens is 2. The molecule has 0 amide bonds. The van der Waals surface area contributed by atoms with Crippen molar-refractivity contribution in [3.8, 4) is 0 Å². The zero-order chi connectivity index (χ0) is 15.3. The Hall–Kier alpha value is -0.770. The van der Waals surface area contributed by atoms with Gasteiger partial charge in [0.2, 0.25) is 0 Å². The number of anilines is 1. The first-order valence-electron chi connectivity index (χ1n) is 7.64. The van der Waals surface area contributed by atoms with Crippen molar-refractivity contribution in [2.45, 2.75) is 56.7 Å². The molecule has 0 aromatic heterocycles. The average Bonchev–Trinajstić information content (AvgIpc) is 2.73. The number of alkyl halides is 2. The summed E-state index contributed by atoms with van der Waals surface area (Å²) in [6.07, 6.45) is 3.84. The standard InChI is InChI=1S/C17H23F2NS/c1-16(2)11-8-9-17(16,3)14(10-11)20-12-4-6-13(7-5-12)21-15(18)19/h4-7,11,14-15,20H,8-10H2,1-3H3. The lowest BCUT2D eigenvalue weighted by molar-refractivity contribution is 0.142. The highest BCUT2D eigenvalue weighted by molar-refractivity contribution is 7.99. The molecule has 116 valence electrons. The summed E-state index contributed by atoms with van der Waals surface area (Å²) in [7, 11) is 0. The van der Waals surface area contributed by atoms with Crippen LogP contribution in [-0.4, -0.2) is 11.8 Å². The maximum absolute atomic E-state index is 12.3. The molecule has 21 heavy (non-hydrogen) atoms. The molecule has 4 heteroatoms. The fraction of sp³-hybridized carbons (Fsp3) is 0.647. The molecule has 2 aliphatic rings. The van der Waals surface area contributed by atoms with Crippen molar-refractivity contribution in [3.05, 3.63) is 24.3 Å². The minimum absolute atomic E-state index is 0.327. The summed E-state index contributed by atoms with van der Waals surface area (Å²) in [5.74, 6) is -1.55. The van der Waals surface area contributed by atoms with Gasteiger partial charge >= 0.3 is 0 Å². The zero-order valence-electron chi connectivity index (χ0n) is 12.8. The summed E-state index contributed by atoms with van der Waals surface area (Å²) in [6.45, 7) is 7.20. The minimum atomic E-state index is -2.35. The van der Waals surface area contributed by atoms with Gasteiger partial charge in [-0.15, -0.1) is 0 Å². The number of hydrogen-bond acceptors (Lipinski definition) is 2. The van der Waals surface area contributed by atoms with E-state index in [-0.39, 0.29) is 0 Å².